The minimum atomic E-state index is -0.773. The van der Waals surface area contributed by atoms with E-state index in [0.29, 0.717) is 17.1 Å². The zero-order chi connectivity index (χ0) is 25.0. The average Bonchev–Trinajstić information content (AvgIpc) is 3.44. The summed E-state index contributed by atoms with van der Waals surface area (Å²) in [5.41, 5.74) is 0.747. The lowest BCUT2D eigenvalue weighted by atomic mass is 9.80. The highest BCUT2D eigenvalue weighted by molar-refractivity contribution is 9.10. The van der Waals surface area contributed by atoms with Crippen molar-refractivity contribution in [1.82, 2.24) is 0 Å². The SMILES string of the molecule is O=C(COC(=O)c1cccc(N2C(=O)[C@@H]3[C@H]4C[C@@H]([C@H](Cl)[C@@H]4Cl)[C@@H]3C2=O)c1)Nc1ccc(Br)cc1Cl. The molecular weight excluding hydrogens is 583 g/mol. The van der Waals surface area contributed by atoms with Crippen LogP contribution in [0.5, 0.6) is 0 Å². The zero-order valence-electron chi connectivity index (χ0n) is 17.9. The Balaban J connectivity index is 1.26. The molecule has 0 unspecified atom stereocenters. The van der Waals surface area contributed by atoms with Crippen molar-refractivity contribution in [2.24, 2.45) is 23.7 Å². The van der Waals surface area contributed by atoms with Crippen LogP contribution in [-0.4, -0.2) is 41.1 Å². The summed E-state index contributed by atoms with van der Waals surface area (Å²) < 4.78 is 5.87. The van der Waals surface area contributed by atoms with Gasteiger partial charge >= 0.3 is 5.97 Å². The maximum Gasteiger partial charge on any atom is 0.338 e. The quantitative estimate of drug-likeness (QED) is 0.301. The Morgan fingerprint density at radius 2 is 1.69 bits per heavy atom. The predicted molar refractivity (Wildman–Crippen MR) is 135 cm³/mol. The number of benzene rings is 2. The van der Waals surface area contributed by atoms with Crippen LogP contribution in [0.2, 0.25) is 5.02 Å². The maximum absolute atomic E-state index is 13.2. The second-order valence-corrected chi connectivity index (χ2v) is 11.1. The molecule has 6 atom stereocenters. The zero-order valence-corrected chi connectivity index (χ0v) is 21.8. The lowest BCUT2D eigenvalue weighted by molar-refractivity contribution is -0.123. The van der Waals surface area contributed by atoms with E-state index in [-0.39, 0.29) is 45.7 Å². The van der Waals surface area contributed by atoms with Gasteiger partial charge in [0.15, 0.2) is 6.61 Å². The summed E-state index contributed by atoms with van der Waals surface area (Å²) in [6, 6.07) is 10.9. The summed E-state index contributed by atoms with van der Waals surface area (Å²) in [7, 11) is 0. The molecule has 2 saturated carbocycles. The molecule has 2 aliphatic carbocycles. The molecule has 5 rings (SSSR count). The summed E-state index contributed by atoms with van der Waals surface area (Å²) in [6.45, 7) is -0.543. The van der Waals surface area contributed by atoms with E-state index >= 15 is 0 Å². The van der Waals surface area contributed by atoms with Crippen LogP contribution in [0.4, 0.5) is 11.4 Å². The van der Waals surface area contributed by atoms with Crippen molar-refractivity contribution in [3.8, 4) is 0 Å². The third-order valence-corrected chi connectivity index (χ3v) is 8.99. The summed E-state index contributed by atoms with van der Waals surface area (Å²) in [6.07, 6.45) is 0.670. The fourth-order valence-electron chi connectivity index (χ4n) is 5.37. The van der Waals surface area contributed by atoms with Gasteiger partial charge in [-0.1, -0.05) is 33.6 Å². The fraction of sp³-hybridized carbons (Fsp3) is 0.333. The van der Waals surface area contributed by atoms with E-state index < -0.39 is 30.3 Å². The smallest absolute Gasteiger partial charge is 0.338 e. The van der Waals surface area contributed by atoms with E-state index in [4.69, 9.17) is 39.5 Å². The number of nitrogens with zero attached hydrogens (tertiary/aromatic N) is 1. The largest absolute Gasteiger partial charge is 0.452 e. The molecule has 7 nitrogen and oxygen atoms in total. The van der Waals surface area contributed by atoms with Crippen molar-refractivity contribution in [2.45, 2.75) is 17.2 Å². The molecule has 182 valence electrons. The number of anilines is 2. The van der Waals surface area contributed by atoms with Crippen molar-refractivity contribution in [2.75, 3.05) is 16.8 Å². The number of alkyl halides is 2. The predicted octanol–water partition coefficient (Wildman–Crippen LogP) is 4.87. The Morgan fingerprint density at radius 3 is 2.31 bits per heavy atom. The minimum absolute atomic E-state index is 0.100. The van der Waals surface area contributed by atoms with Crippen LogP contribution in [0, 0.1) is 23.7 Å². The van der Waals surface area contributed by atoms with Crippen LogP contribution in [0.1, 0.15) is 16.8 Å². The van der Waals surface area contributed by atoms with Gasteiger partial charge in [-0.05, 0) is 54.7 Å². The molecule has 3 aliphatic rings. The van der Waals surface area contributed by atoms with Gasteiger partial charge in [-0.2, -0.15) is 0 Å². The Bertz CT molecular complexity index is 1230. The molecule has 1 aliphatic heterocycles. The van der Waals surface area contributed by atoms with Crippen molar-refractivity contribution < 1.29 is 23.9 Å². The molecule has 3 amide bonds. The molecular formula is C24H18BrCl3N2O5. The van der Waals surface area contributed by atoms with Gasteiger partial charge in [-0.25, -0.2) is 4.79 Å². The Kier molecular flexibility index (Phi) is 6.59. The highest BCUT2D eigenvalue weighted by Gasteiger charge is 2.66. The van der Waals surface area contributed by atoms with Gasteiger partial charge in [0.25, 0.3) is 5.91 Å². The van der Waals surface area contributed by atoms with Crippen LogP contribution in [0.15, 0.2) is 46.9 Å². The monoisotopic (exact) mass is 598 g/mol. The number of hydrogen-bond acceptors (Lipinski definition) is 5. The van der Waals surface area contributed by atoms with Crippen LogP contribution in [0.3, 0.4) is 0 Å². The van der Waals surface area contributed by atoms with Gasteiger partial charge in [-0.15, -0.1) is 23.2 Å². The molecule has 11 heteroatoms. The molecule has 1 saturated heterocycles. The van der Waals surface area contributed by atoms with E-state index in [0.717, 1.165) is 9.37 Å². The minimum Gasteiger partial charge on any atom is -0.452 e. The summed E-state index contributed by atoms with van der Waals surface area (Å²) in [5.74, 6) is -3.24. The van der Waals surface area contributed by atoms with Crippen LogP contribution >= 0.6 is 50.7 Å². The van der Waals surface area contributed by atoms with Crippen molar-refractivity contribution in [3.05, 3.63) is 57.5 Å². The van der Waals surface area contributed by atoms with Gasteiger partial charge in [0.05, 0.1) is 44.6 Å². The van der Waals surface area contributed by atoms with E-state index in [1.54, 1.807) is 30.3 Å². The summed E-state index contributed by atoms with van der Waals surface area (Å²) in [4.78, 5) is 52.3. The number of esters is 1. The highest BCUT2D eigenvalue weighted by atomic mass is 79.9. The molecule has 0 radical (unpaired) electrons. The molecule has 1 N–H and O–H groups in total. The van der Waals surface area contributed by atoms with Gasteiger partial charge in [0.2, 0.25) is 11.8 Å². The van der Waals surface area contributed by atoms with Gasteiger partial charge in [-0.3, -0.25) is 19.3 Å². The first-order valence-electron chi connectivity index (χ1n) is 10.9. The first-order chi connectivity index (χ1) is 16.7. The number of halogens is 4. The lowest BCUT2D eigenvalue weighted by Crippen LogP contribution is -2.37. The average molecular weight is 601 g/mol. The lowest BCUT2D eigenvalue weighted by Gasteiger charge is -2.28. The molecule has 0 spiro atoms. The summed E-state index contributed by atoms with van der Waals surface area (Å²) >= 11 is 22.2. The second-order valence-electron chi connectivity index (χ2n) is 8.81. The third kappa shape index (κ3) is 4.24. The van der Waals surface area contributed by atoms with Gasteiger partial charge in [0.1, 0.15) is 0 Å². The number of carbonyl (C=O) groups is 4. The molecule has 3 fully saturated rings. The van der Waals surface area contributed by atoms with Crippen LogP contribution in [0.25, 0.3) is 0 Å². The Hall–Kier alpha value is -2.13. The number of nitrogens with one attached hydrogen (secondary N) is 1. The topological polar surface area (TPSA) is 92.8 Å². The number of carbonyl (C=O) groups excluding carboxylic acids is 4. The number of hydrogen-bond donors (Lipinski definition) is 1. The van der Waals surface area contributed by atoms with Gasteiger partial charge < -0.3 is 10.1 Å². The molecule has 2 bridgehead atoms. The Labute approximate surface area is 224 Å². The van der Waals surface area contributed by atoms with Crippen LogP contribution in [-0.2, 0) is 19.1 Å². The molecule has 1 heterocycles. The van der Waals surface area contributed by atoms with Crippen molar-refractivity contribution >= 4 is 85.8 Å². The fourth-order valence-corrected chi connectivity index (χ4v) is 6.98. The molecule has 0 aromatic heterocycles. The number of imide groups is 1. The molecule has 2 aromatic rings. The number of rotatable bonds is 5. The van der Waals surface area contributed by atoms with Gasteiger partial charge in [0, 0.05) is 4.47 Å². The normalized spacial score (nSPS) is 28.9. The highest BCUT2D eigenvalue weighted by Crippen LogP contribution is 2.59. The van der Waals surface area contributed by atoms with Crippen molar-refractivity contribution in [3.63, 3.8) is 0 Å². The van der Waals surface area contributed by atoms with E-state index in [1.807, 2.05) is 0 Å². The van der Waals surface area contributed by atoms with Crippen LogP contribution < -0.4 is 10.2 Å². The maximum atomic E-state index is 13.2. The number of fused-ring (bicyclic) bond motifs is 5. The Morgan fingerprint density at radius 1 is 1.03 bits per heavy atom. The number of ether oxygens (including phenoxy) is 1. The third-order valence-electron chi connectivity index (χ3n) is 6.87. The number of amides is 3. The molecule has 35 heavy (non-hydrogen) atoms. The van der Waals surface area contributed by atoms with E-state index in [1.165, 1.54) is 12.1 Å². The van der Waals surface area contributed by atoms with E-state index in [2.05, 4.69) is 21.2 Å². The first-order valence-corrected chi connectivity index (χ1v) is 12.9. The standard InChI is InChI=1S/C24H18BrCl3N2O5/c25-11-4-5-16(15(26)7-11)29-17(31)9-35-24(34)10-2-1-3-12(6-10)30-22(32)18-13-8-14(19(18)23(30)33)21(28)20(13)27/h1-7,13-14,18-21H,8-9H2,(H,29,31)/t13-,14-,18-,19+,20-,21+/m1/s1. The first kappa shape index (κ1) is 24.6. The molecule has 2 aromatic carbocycles. The second kappa shape index (κ2) is 9.39. The summed E-state index contributed by atoms with van der Waals surface area (Å²) in [5, 5.41) is 2.20. The van der Waals surface area contributed by atoms with E-state index in [9.17, 15) is 19.2 Å². The van der Waals surface area contributed by atoms with Crippen molar-refractivity contribution in [1.29, 1.82) is 0 Å².